The Hall–Kier alpha value is -0.680. The monoisotopic (exact) mass is 258 g/mol. The fraction of sp³-hybridized carbons (Fsp3) is 0.750. The molecule has 2 N–H and O–H groups in total. The summed E-state index contributed by atoms with van der Waals surface area (Å²) in [5, 5.41) is 11.6. The number of thiol groups is 1. The summed E-state index contributed by atoms with van der Waals surface area (Å²) in [7, 11) is 0. The molecule has 17 heavy (non-hydrogen) atoms. The first kappa shape index (κ1) is 14.4. The molecule has 0 bridgehead atoms. The number of aliphatic hydroxyl groups excluding tert-OH is 1. The molecule has 0 aromatic rings. The van der Waals surface area contributed by atoms with Crippen molar-refractivity contribution in [3.05, 3.63) is 11.6 Å². The first-order valence-electron chi connectivity index (χ1n) is 6.23. The largest absolute Gasteiger partial charge is 0.394 e. The van der Waals surface area contributed by atoms with E-state index in [1.165, 1.54) is 16.3 Å². The maximum Gasteiger partial charge on any atom is 0.327 e. The fourth-order valence-electron chi connectivity index (χ4n) is 2.17. The first-order chi connectivity index (χ1) is 8.19. The number of aliphatic hydroxyl groups is 1. The number of nitrogens with zero attached hydrogens (tertiary/aromatic N) is 1. The maximum atomic E-state index is 11.6. The van der Waals surface area contributed by atoms with Crippen molar-refractivity contribution in [3.8, 4) is 0 Å². The number of carbonyl (C=O) groups is 1. The predicted octanol–water partition coefficient (Wildman–Crippen LogP) is 1.97. The third kappa shape index (κ3) is 4.60. The van der Waals surface area contributed by atoms with Crippen molar-refractivity contribution in [3.63, 3.8) is 0 Å². The van der Waals surface area contributed by atoms with Gasteiger partial charge in [0.2, 0.25) is 0 Å². The number of urea groups is 1. The van der Waals surface area contributed by atoms with Crippen LogP contribution in [0.1, 0.15) is 32.6 Å². The van der Waals surface area contributed by atoms with Gasteiger partial charge in [0, 0.05) is 6.54 Å². The van der Waals surface area contributed by atoms with E-state index in [2.05, 4.69) is 31.1 Å². The molecule has 0 spiro atoms. The summed E-state index contributed by atoms with van der Waals surface area (Å²) in [4.78, 5) is 11.6. The van der Waals surface area contributed by atoms with E-state index in [0.29, 0.717) is 12.5 Å². The summed E-state index contributed by atoms with van der Waals surface area (Å²) >= 11 is 4.00. The van der Waals surface area contributed by atoms with Crippen LogP contribution in [-0.2, 0) is 0 Å². The molecule has 0 heterocycles. The number of hydrogen-bond donors (Lipinski definition) is 3. The highest BCUT2D eigenvalue weighted by Crippen LogP contribution is 2.26. The van der Waals surface area contributed by atoms with Crippen molar-refractivity contribution in [2.75, 3.05) is 19.7 Å². The molecule has 1 atom stereocenters. The molecule has 0 aromatic carbocycles. The molecule has 2 amide bonds. The van der Waals surface area contributed by atoms with Gasteiger partial charge in [-0.15, -0.1) is 0 Å². The standard InChI is InChI=1S/C12H22N2O2S/c1-2-10-5-3-4-6-11(10)9-13-12(16)14(17)7-8-15/h5,11,15,17H,2-4,6-9H2,1H3,(H,13,16). The highest BCUT2D eigenvalue weighted by atomic mass is 32.1. The highest BCUT2D eigenvalue weighted by Gasteiger charge is 2.18. The summed E-state index contributed by atoms with van der Waals surface area (Å²) in [6.07, 6.45) is 6.86. The van der Waals surface area contributed by atoms with E-state index in [4.69, 9.17) is 5.11 Å². The van der Waals surface area contributed by atoms with Crippen LogP contribution in [0.25, 0.3) is 0 Å². The second-order valence-corrected chi connectivity index (χ2v) is 4.78. The molecule has 0 fully saturated rings. The van der Waals surface area contributed by atoms with Gasteiger partial charge in [0.05, 0.1) is 13.2 Å². The van der Waals surface area contributed by atoms with Crippen LogP contribution < -0.4 is 5.32 Å². The number of nitrogens with one attached hydrogen (secondary N) is 1. The van der Waals surface area contributed by atoms with E-state index < -0.39 is 0 Å². The van der Waals surface area contributed by atoms with Gasteiger partial charge in [-0.3, -0.25) is 4.31 Å². The predicted molar refractivity (Wildman–Crippen MR) is 71.9 cm³/mol. The smallest absolute Gasteiger partial charge is 0.327 e. The van der Waals surface area contributed by atoms with Crippen LogP contribution in [0.2, 0.25) is 0 Å². The fourth-order valence-corrected chi connectivity index (χ4v) is 2.33. The van der Waals surface area contributed by atoms with E-state index in [9.17, 15) is 4.79 Å². The molecule has 0 saturated carbocycles. The van der Waals surface area contributed by atoms with Crippen LogP contribution in [0, 0.1) is 5.92 Å². The molecule has 1 aliphatic carbocycles. The van der Waals surface area contributed by atoms with Crippen LogP contribution in [0.5, 0.6) is 0 Å². The summed E-state index contributed by atoms with van der Waals surface area (Å²) < 4.78 is 1.21. The Balaban J connectivity index is 2.36. The zero-order chi connectivity index (χ0) is 12.7. The summed E-state index contributed by atoms with van der Waals surface area (Å²) in [6, 6.07) is -0.233. The molecular formula is C12H22N2O2S. The number of amides is 2. The van der Waals surface area contributed by atoms with Crippen LogP contribution in [0.15, 0.2) is 11.6 Å². The first-order valence-corrected chi connectivity index (χ1v) is 6.63. The van der Waals surface area contributed by atoms with Gasteiger partial charge in [-0.2, -0.15) is 0 Å². The molecular weight excluding hydrogens is 236 g/mol. The molecule has 4 nitrogen and oxygen atoms in total. The quantitative estimate of drug-likeness (QED) is 0.521. The van der Waals surface area contributed by atoms with Gasteiger partial charge in [0.15, 0.2) is 0 Å². The van der Waals surface area contributed by atoms with Gasteiger partial charge >= 0.3 is 6.03 Å². The summed E-state index contributed by atoms with van der Waals surface area (Å²) in [5.41, 5.74) is 1.45. The minimum absolute atomic E-state index is 0.0690. The summed E-state index contributed by atoms with van der Waals surface area (Å²) in [6.45, 7) is 3.00. The molecule has 0 radical (unpaired) electrons. The Morgan fingerprint density at radius 1 is 1.71 bits per heavy atom. The zero-order valence-corrected chi connectivity index (χ0v) is 11.2. The number of hydrogen-bond acceptors (Lipinski definition) is 3. The normalized spacial score (nSPS) is 19.7. The minimum atomic E-state index is -0.233. The Labute approximate surface area is 109 Å². The molecule has 1 unspecified atom stereocenters. The molecule has 0 saturated heterocycles. The molecule has 5 heteroatoms. The van der Waals surface area contributed by atoms with Crippen LogP contribution in [-0.4, -0.2) is 35.1 Å². The molecule has 1 rings (SSSR count). The van der Waals surface area contributed by atoms with Gasteiger partial charge in [-0.05, 0) is 31.6 Å². The Morgan fingerprint density at radius 3 is 3.12 bits per heavy atom. The molecule has 1 aliphatic rings. The van der Waals surface area contributed by atoms with Crippen molar-refractivity contribution >= 4 is 18.8 Å². The SMILES string of the molecule is CCC1=CCCCC1CNC(=O)N(S)CCO. The van der Waals surface area contributed by atoms with Crippen molar-refractivity contribution in [1.82, 2.24) is 9.62 Å². The second kappa shape index (κ2) is 7.61. The van der Waals surface area contributed by atoms with E-state index in [1.807, 2.05) is 0 Å². The molecule has 0 aromatic heterocycles. The van der Waals surface area contributed by atoms with Gasteiger partial charge in [0.25, 0.3) is 0 Å². The highest BCUT2D eigenvalue weighted by molar-refractivity contribution is 7.78. The Bertz CT molecular complexity index is 282. The lowest BCUT2D eigenvalue weighted by atomic mass is 9.86. The Kier molecular flexibility index (Phi) is 6.44. The lowest BCUT2D eigenvalue weighted by Crippen LogP contribution is -2.38. The van der Waals surface area contributed by atoms with Crippen LogP contribution >= 0.6 is 12.8 Å². The van der Waals surface area contributed by atoms with E-state index in [-0.39, 0.29) is 19.2 Å². The van der Waals surface area contributed by atoms with Crippen molar-refractivity contribution in [1.29, 1.82) is 0 Å². The lowest BCUT2D eigenvalue weighted by molar-refractivity contribution is 0.212. The Morgan fingerprint density at radius 2 is 2.47 bits per heavy atom. The molecule has 98 valence electrons. The van der Waals surface area contributed by atoms with Crippen molar-refractivity contribution in [2.45, 2.75) is 32.6 Å². The number of carbonyl (C=O) groups excluding carboxylic acids is 1. The van der Waals surface area contributed by atoms with Crippen LogP contribution in [0.4, 0.5) is 4.79 Å². The van der Waals surface area contributed by atoms with Gasteiger partial charge < -0.3 is 10.4 Å². The lowest BCUT2D eigenvalue weighted by Gasteiger charge is -2.25. The van der Waals surface area contributed by atoms with E-state index in [1.54, 1.807) is 0 Å². The minimum Gasteiger partial charge on any atom is -0.394 e. The zero-order valence-electron chi connectivity index (χ0n) is 10.4. The second-order valence-electron chi connectivity index (χ2n) is 4.29. The van der Waals surface area contributed by atoms with Gasteiger partial charge in [0.1, 0.15) is 0 Å². The third-order valence-corrected chi connectivity index (χ3v) is 3.52. The van der Waals surface area contributed by atoms with Gasteiger partial charge in [-0.25, -0.2) is 4.79 Å². The average molecular weight is 258 g/mol. The number of allylic oxidation sites excluding steroid dienone is 1. The van der Waals surface area contributed by atoms with E-state index in [0.717, 1.165) is 19.3 Å². The van der Waals surface area contributed by atoms with E-state index >= 15 is 0 Å². The van der Waals surface area contributed by atoms with Crippen molar-refractivity contribution in [2.24, 2.45) is 5.92 Å². The third-order valence-electron chi connectivity index (χ3n) is 3.14. The number of rotatable bonds is 5. The summed E-state index contributed by atoms with van der Waals surface area (Å²) in [5.74, 6) is 0.466. The average Bonchev–Trinajstić information content (AvgIpc) is 2.36. The van der Waals surface area contributed by atoms with Crippen LogP contribution in [0.3, 0.4) is 0 Å². The van der Waals surface area contributed by atoms with Gasteiger partial charge in [-0.1, -0.05) is 31.4 Å². The topological polar surface area (TPSA) is 52.6 Å². The maximum absolute atomic E-state index is 11.6. The van der Waals surface area contributed by atoms with Crippen molar-refractivity contribution < 1.29 is 9.90 Å². The molecule has 0 aliphatic heterocycles.